The van der Waals surface area contributed by atoms with Crippen molar-refractivity contribution < 1.29 is 27.6 Å². The third kappa shape index (κ3) is 3.63. The first-order valence-corrected chi connectivity index (χ1v) is 8.18. The zero-order chi connectivity index (χ0) is 18.1. The molecule has 0 aliphatic carbocycles. The number of piperidine rings is 1. The summed E-state index contributed by atoms with van der Waals surface area (Å²) in [5.74, 6) is -3.21. The molecule has 5 nitrogen and oxygen atoms in total. The van der Waals surface area contributed by atoms with E-state index in [1.807, 2.05) is 0 Å². The fraction of sp³-hybridized carbons (Fsp3) is 0.529. The molecule has 2 heterocycles. The van der Waals surface area contributed by atoms with Gasteiger partial charge in [-0.05, 0) is 24.1 Å². The van der Waals surface area contributed by atoms with Gasteiger partial charge in [-0.1, -0.05) is 0 Å². The molecule has 1 aromatic rings. The number of amides is 2. The Balaban J connectivity index is 1.76. The molecule has 136 valence electrons. The molecular weight excluding hydrogens is 337 g/mol. The molecule has 2 saturated heterocycles. The molecular formula is C17H19F3N2O3. The lowest BCUT2D eigenvalue weighted by atomic mass is 9.93. The number of hydrogen-bond acceptors (Lipinski definition) is 3. The van der Waals surface area contributed by atoms with E-state index < -0.39 is 35.7 Å². The smallest absolute Gasteiger partial charge is 0.252 e. The number of carbonyl (C=O) groups excluding carboxylic acids is 2. The van der Waals surface area contributed by atoms with Gasteiger partial charge in [0.15, 0.2) is 0 Å². The second-order valence-electron chi connectivity index (χ2n) is 6.38. The molecule has 3 atom stereocenters. The van der Waals surface area contributed by atoms with E-state index in [-0.39, 0.29) is 31.0 Å². The largest absolute Gasteiger partial charge is 0.340 e. The van der Waals surface area contributed by atoms with Crippen LogP contribution in [0.3, 0.4) is 0 Å². The highest BCUT2D eigenvalue weighted by Gasteiger charge is 2.42. The SMILES string of the molecule is CC(=O)N1CC[C@@H](C(=O)N2OCCC2c2cc(F)cc(F)c2)[C@@H](F)C1. The number of alkyl halides is 1. The molecule has 0 saturated carbocycles. The van der Waals surface area contributed by atoms with Crippen molar-refractivity contribution in [3.05, 3.63) is 35.4 Å². The van der Waals surface area contributed by atoms with Gasteiger partial charge in [-0.25, -0.2) is 18.2 Å². The van der Waals surface area contributed by atoms with Crippen molar-refractivity contribution in [3.8, 4) is 0 Å². The lowest BCUT2D eigenvalue weighted by Gasteiger charge is -2.35. The van der Waals surface area contributed by atoms with Crippen molar-refractivity contribution in [1.82, 2.24) is 9.96 Å². The molecule has 1 aromatic carbocycles. The minimum Gasteiger partial charge on any atom is -0.340 e. The highest BCUT2D eigenvalue weighted by Crippen LogP contribution is 2.34. The summed E-state index contributed by atoms with van der Waals surface area (Å²) in [6.07, 6.45) is -0.944. The van der Waals surface area contributed by atoms with Crippen molar-refractivity contribution in [2.45, 2.75) is 32.0 Å². The zero-order valence-corrected chi connectivity index (χ0v) is 13.8. The Kier molecular flexibility index (Phi) is 4.99. The van der Waals surface area contributed by atoms with Gasteiger partial charge in [0.05, 0.1) is 25.1 Å². The molecule has 2 fully saturated rings. The van der Waals surface area contributed by atoms with Crippen LogP contribution in [0.5, 0.6) is 0 Å². The summed E-state index contributed by atoms with van der Waals surface area (Å²) in [6, 6.07) is 2.39. The number of halogens is 3. The maximum atomic E-state index is 14.4. The second-order valence-corrected chi connectivity index (χ2v) is 6.38. The van der Waals surface area contributed by atoms with Crippen LogP contribution in [0.25, 0.3) is 0 Å². The normalized spacial score (nSPS) is 26.8. The predicted molar refractivity (Wildman–Crippen MR) is 81.8 cm³/mol. The van der Waals surface area contributed by atoms with E-state index in [0.29, 0.717) is 13.0 Å². The van der Waals surface area contributed by atoms with Crippen LogP contribution in [0, 0.1) is 17.6 Å². The van der Waals surface area contributed by atoms with Crippen LogP contribution in [-0.4, -0.2) is 47.6 Å². The Labute approximate surface area is 143 Å². The summed E-state index contributed by atoms with van der Waals surface area (Å²) in [5.41, 5.74) is 0.278. The van der Waals surface area contributed by atoms with Crippen molar-refractivity contribution in [2.75, 3.05) is 19.7 Å². The Hall–Kier alpha value is -2.09. The van der Waals surface area contributed by atoms with Crippen LogP contribution in [0.4, 0.5) is 13.2 Å². The van der Waals surface area contributed by atoms with Crippen LogP contribution in [-0.2, 0) is 14.4 Å². The molecule has 2 aliphatic rings. The molecule has 25 heavy (non-hydrogen) atoms. The van der Waals surface area contributed by atoms with Gasteiger partial charge in [0.1, 0.15) is 17.8 Å². The molecule has 0 bridgehead atoms. The molecule has 0 aromatic heterocycles. The lowest BCUT2D eigenvalue weighted by Crippen LogP contribution is -2.49. The average Bonchev–Trinajstić information content (AvgIpc) is 3.02. The third-order valence-corrected chi connectivity index (χ3v) is 4.70. The van der Waals surface area contributed by atoms with Gasteiger partial charge in [-0.2, -0.15) is 0 Å². The number of likely N-dealkylation sites (tertiary alicyclic amines) is 1. The fourth-order valence-electron chi connectivity index (χ4n) is 3.39. The van der Waals surface area contributed by atoms with Crippen molar-refractivity contribution in [1.29, 1.82) is 0 Å². The summed E-state index contributed by atoms with van der Waals surface area (Å²) in [4.78, 5) is 30.7. The molecule has 0 N–H and O–H groups in total. The monoisotopic (exact) mass is 356 g/mol. The van der Waals surface area contributed by atoms with Crippen LogP contribution in [0.15, 0.2) is 18.2 Å². The first-order chi connectivity index (χ1) is 11.9. The van der Waals surface area contributed by atoms with Crippen LogP contribution >= 0.6 is 0 Å². The average molecular weight is 356 g/mol. The number of hydrogen-bond donors (Lipinski definition) is 0. The summed E-state index contributed by atoms with van der Waals surface area (Å²) in [5, 5.41) is 1.04. The molecule has 0 spiro atoms. The van der Waals surface area contributed by atoms with Crippen LogP contribution < -0.4 is 0 Å². The Morgan fingerprint density at radius 2 is 1.84 bits per heavy atom. The first-order valence-electron chi connectivity index (χ1n) is 8.18. The summed E-state index contributed by atoms with van der Waals surface area (Å²) >= 11 is 0. The van der Waals surface area contributed by atoms with Crippen molar-refractivity contribution in [2.24, 2.45) is 5.92 Å². The summed E-state index contributed by atoms with van der Waals surface area (Å²) < 4.78 is 41.3. The second kappa shape index (κ2) is 7.03. The quantitative estimate of drug-likeness (QED) is 0.818. The molecule has 8 heteroatoms. The van der Waals surface area contributed by atoms with E-state index in [1.165, 1.54) is 11.8 Å². The standard InChI is InChI=1S/C17H19F3N2O3/c1-10(23)21-4-2-14(15(20)9-21)17(24)22-16(3-5-25-22)11-6-12(18)8-13(19)7-11/h6-8,14-16H,2-5,9H2,1H3/t14-,15+,16?/m1/s1. The zero-order valence-electron chi connectivity index (χ0n) is 13.8. The Bertz CT molecular complexity index is 665. The number of nitrogens with zero attached hydrogens (tertiary/aromatic N) is 2. The number of rotatable bonds is 2. The molecule has 3 rings (SSSR count). The van der Waals surface area contributed by atoms with Gasteiger partial charge >= 0.3 is 0 Å². The van der Waals surface area contributed by atoms with E-state index in [0.717, 1.165) is 23.3 Å². The molecule has 2 aliphatic heterocycles. The minimum atomic E-state index is -1.50. The number of hydroxylamine groups is 2. The maximum Gasteiger partial charge on any atom is 0.252 e. The predicted octanol–water partition coefficient (Wildman–Crippen LogP) is 2.38. The van der Waals surface area contributed by atoms with Crippen molar-refractivity contribution in [3.63, 3.8) is 0 Å². The first kappa shape index (κ1) is 17.7. The van der Waals surface area contributed by atoms with E-state index >= 15 is 0 Å². The van der Waals surface area contributed by atoms with E-state index in [4.69, 9.17) is 4.84 Å². The highest BCUT2D eigenvalue weighted by molar-refractivity contribution is 5.80. The molecule has 2 amide bonds. The lowest BCUT2D eigenvalue weighted by molar-refractivity contribution is -0.186. The molecule has 0 radical (unpaired) electrons. The van der Waals surface area contributed by atoms with Gasteiger partial charge in [0.2, 0.25) is 5.91 Å². The van der Waals surface area contributed by atoms with Crippen LogP contribution in [0.1, 0.15) is 31.4 Å². The van der Waals surface area contributed by atoms with E-state index in [1.54, 1.807) is 0 Å². The number of benzene rings is 1. The third-order valence-electron chi connectivity index (χ3n) is 4.70. The van der Waals surface area contributed by atoms with Gasteiger partial charge in [0.25, 0.3) is 5.91 Å². The van der Waals surface area contributed by atoms with Gasteiger partial charge in [-0.3, -0.25) is 14.4 Å². The number of carbonyl (C=O) groups is 2. The maximum absolute atomic E-state index is 14.4. The summed E-state index contributed by atoms with van der Waals surface area (Å²) in [6.45, 7) is 1.71. The minimum absolute atomic E-state index is 0.140. The van der Waals surface area contributed by atoms with Crippen LogP contribution in [0.2, 0.25) is 0 Å². The van der Waals surface area contributed by atoms with Crippen molar-refractivity contribution >= 4 is 11.8 Å². The van der Waals surface area contributed by atoms with Gasteiger partial charge < -0.3 is 4.90 Å². The summed E-state index contributed by atoms with van der Waals surface area (Å²) in [7, 11) is 0. The van der Waals surface area contributed by atoms with E-state index in [2.05, 4.69) is 0 Å². The van der Waals surface area contributed by atoms with E-state index in [9.17, 15) is 22.8 Å². The fourth-order valence-corrected chi connectivity index (χ4v) is 3.39. The topological polar surface area (TPSA) is 49.9 Å². The Morgan fingerprint density at radius 1 is 1.16 bits per heavy atom. The van der Waals surface area contributed by atoms with Gasteiger partial charge in [-0.15, -0.1) is 0 Å². The highest BCUT2D eigenvalue weighted by atomic mass is 19.1. The Morgan fingerprint density at radius 3 is 2.44 bits per heavy atom. The molecule has 1 unspecified atom stereocenters. The van der Waals surface area contributed by atoms with Gasteiger partial charge in [0, 0.05) is 26.0 Å².